The van der Waals surface area contributed by atoms with Gasteiger partial charge in [-0.15, -0.1) is 0 Å². The van der Waals surface area contributed by atoms with Crippen LogP contribution in [0.2, 0.25) is 0 Å². The number of aliphatic imine (C=N–C) groups is 1. The van der Waals surface area contributed by atoms with Crippen LogP contribution in [0.3, 0.4) is 0 Å². The van der Waals surface area contributed by atoms with Crippen molar-refractivity contribution in [3.63, 3.8) is 0 Å². The van der Waals surface area contributed by atoms with Crippen molar-refractivity contribution in [2.45, 2.75) is 46.1 Å². The smallest absolute Gasteiger partial charge is 0.278 e. The maximum absolute atomic E-state index is 11.3. The van der Waals surface area contributed by atoms with Crippen LogP contribution in [-0.2, 0) is 4.79 Å². The summed E-state index contributed by atoms with van der Waals surface area (Å²) in [6.07, 6.45) is 6.21. The Labute approximate surface area is 113 Å². The van der Waals surface area contributed by atoms with E-state index in [0.717, 1.165) is 19.3 Å². The van der Waals surface area contributed by atoms with Crippen LogP contribution in [-0.4, -0.2) is 30.2 Å². The molecule has 0 aliphatic heterocycles. The first-order chi connectivity index (χ1) is 8.30. The zero-order valence-corrected chi connectivity index (χ0v) is 12.4. The van der Waals surface area contributed by atoms with E-state index in [1.54, 1.807) is 12.3 Å². The first-order valence-corrected chi connectivity index (χ1v) is 7.41. The van der Waals surface area contributed by atoms with Crippen molar-refractivity contribution in [3.05, 3.63) is 0 Å². The van der Waals surface area contributed by atoms with Crippen molar-refractivity contribution in [2.75, 3.05) is 12.8 Å². The molecular weight excluding hydrogens is 248 g/mol. The Bertz CT molecular complexity index is 364. The predicted octanol–water partition coefficient (Wildman–Crippen LogP) is 2.98. The fraction of sp³-hybridized carbons (Fsp3) is 0.846. The van der Waals surface area contributed by atoms with Gasteiger partial charge in [-0.2, -0.15) is 0 Å². The van der Waals surface area contributed by atoms with E-state index in [1.165, 1.54) is 11.8 Å². The Balaban J connectivity index is 2.72. The highest BCUT2D eigenvalue weighted by molar-refractivity contribution is 8.12. The van der Waals surface area contributed by atoms with Gasteiger partial charge in [-0.05, 0) is 36.3 Å². The number of nitrogens with one attached hydrogen (secondary N) is 1. The van der Waals surface area contributed by atoms with Crippen LogP contribution in [0.5, 0.6) is 0 Å². The predicted molar refractivity (Wildman–Crippen MR) is 74.6 cm³/mol. The molecule has 0 saturated heterocycles. The zero-order chi connectivity index (χ0) is 13.8. The number of nitrogens with zero attached hydrogens (tertiary/aromatic N) is 1. The van der Waals surface area contributed by atoms with Gasteiger partial charge in [0.1, 0.15) is 0 Å². The molecule has 1 amide bonds. The second-order valence-corrected chi connectivity index (χ2v) is 7.06. The standard InChI is InChI=1S/C13H22N2O2S/c1-12(2)5-10(15-9-16)6-13(3,7-12)8-14-11(17)18-4/h10H,5-8H2,1-4H3,(H,14,17). The molecule has 1 fully saturated rings. The first kappa shape index (κ1) is 15.3. The summed E-state index contributed by atoms with van der Waals surface area (Å²) in [5, 5.41) is 2.92. The second-order valence-electron chi connectivity index (χ2n) is 6.28. The van der Waals surface area contributed by atoms with Crippen molar-refractivity contribution in [3.8, 4) is 0 Å². The fourth-order valence-corrected chi connectivity index (χ4v) is 3.45. The number of amides is 1. The van der Waals surface area contributed by atoms with E-state index in [1.807, 2.05) is 0 Å². The number of isocyanates is 1. The quantitative estimate of drug-likeness (QED) is 0.633. The summed E-state index contributed by atoms with van der Waals surface area (Å²) in [6, 6.07) is 0.0300. The van der Waals surface area contributed by atoms with Crippen LogP contribution in [0, 0.1) is 10.8 Å². The van der Waals surface area contributed by atoms with Crippen molar-refractivity contribution in [2.24, 2.45) is 15.8 Å². The molecule has 102 valence electrons. The SMILES string of the molecule is CSC(=O)NCC1(C)CC(N=C=O)CC(C)(C)C1. The summed E-state index contributed by atoms with van der Waals surface area (Å²) in [7, 11) is 0. The lowest BCUT2D eigenvalue weighted by molar-refractivity contribution is 0.0860. The Morgan fingerprint density at radius 3 is 2.67 bits per heavy atom. The van der Waals surface area contributed by atoms with Gasteiger partial charge in [0.2, 0.25) is 6.08 Å². The van der Waals surface area contributed by atoms with E-state index in [0.29, 0.717) is 6.54 Å². The summed E-state index contributed by atoms with van der Waals surface area (Å²) in [4.78, 5) is 25.7. The average Bonchev–Trinajstić information content (AvgIpc) is 2.23. The van der Waals surface area contributed by atoms with Gasteiger partial charge in [0, 0.05) is 6.54 Å². The monoisotopic (exact) mass is 270 g/mol. The number of carbonyl (C=O) groups is 1. The Morgan fingerprint density at radius 1 is 1.44 bits per heavy atom. The van der Waals surface area contributed by atoms with Crippen LogP contribution >= 0.6 is 11.8 Å². The summed E-state index contributed by atoms with van der Waals surface area (Å²) < 4.78 is 0. The molecule has 0 aromatic heterocycles. The van der Waals surface area contributed by atoms with Gasteiger partial charge < -0.3 is 5.32 Å². The number of hydrogen-bond donors (Lipinski definition) is 1. The van der Waals surface area contributed by atoms with Crippen LogP contribution in [0.4, 0.5) is 4.79 Å². The van der Waals surface area contributed by atoms with Crippen molar-refractivity contribution in [1.82, 2.24) is 5.32 Å². The van der Waals surface area contributed by atoms with Crippen molar-refractivity contribution in [1.29, 1.82) is 0 Å². The molecule has 1 saturated carbocycles. The summed E-state index contributed by atoms with van der Waals surface area (Å²) >= 11 is 1.19. The van der Waals surface area contributed by atoms with E-state index in [9.17, 15) is 9.59 Å². The highest BCUT2D eigenvalue weighted by atomic mass is 32.2. The Hall–Kier alpha value is -0.800. The number of thioether (sulfide) groups is 1. The minimum Gasteiger partial charge on any atom is -0.346 e. The molecular formula is C13H22N2O2S. The van der Waals surface area contributed by atoms with Crippen LogP contribution in [0.25, 0.3) is 0 Å². The molecule has 1 rings (SSSR count). The third kappa shape index (κ3) is 4.46. The van der Waals surface area contributed by atoms with Gasteiger partial charge in [-0.25, -0.2) is 9.79 Å². The molecule has 0 bridgehead atoms. The van der Waals surface area contributed by atoms with Gasteiger partial charge in [0.15, 0.2) is 0 Å². The van der Waals surface area contributed by atoms with Gasteiger partial charge in [-0.3, -0.25) is 4.79 Å². The third-order valence-electron chi connectivity index (χ3n) is 3.50. The molecule has 2 atom stereocenters. The maximum atomic E-state index is 11.3. The molecule has 1 N–H and O–H groups in total. The molecule has 0 heterocycles. The average molecular weight is 270 g/mol. The fourth-order valence-electron chi connectivity index (χ4n) is 3.24. The summed E-state index contributed by atoms with van der Waals surface area (Å²) in [6.45, 7) is 7.17. The van der Waals surface area contributed by atoms with E-state index < -0.39 is 0 Å². The van der Waals surface area contributed by atoms with Gasteiger partial charge in [0.25, 0.3) is 5.24 Å². The van der Waals surface area contributed by atoms with Gasteiger partial charge in [-0.1, -0.05) is 32.5 Å². The third-order valence-corrected chi connectivity index (χ3v) is 4.02. The topological polar surface area (TPSA) is 58.5 Å². The van der Waals surface area contributed by atoms with Crippen LogP contribution in [0.1, 0.15) is 40.0 Å². The molecule has 2 unspecified atom stereocenters. The van der Waals surface area contributed by atoms with Gasteiger partial charge in [0.05, 0.1) is 6.04 Å². The molecule has 5 heteroatoms. The Kier molecular flexibility index (Phi) is 5.00. The molecule has 0 spiro atoms. The highest BCUT2D eigenvalue weighted by Gasteiger charge is 2.41. The lowest BCUT2D eigenvalue weighted by atomic mass is 9.63. The largest absolute Gasteiger partial charge is 0.346 e. The zero-order valence-electron chi connectivity index (χ0n) is 11.6. The van der Waals surface area contributed by atoms with Gasteiger partial charge >= 0.3 is 0 Å². The molecule has 0 radical (unpaired) electrons. The van der Waals surface area contributed by atoms with Crippen LogP contribution in [0.15, 0.2) is 4.99 Å². The Morgan fingerprint density at radius 2 is 2.11 bits per heavy atom. The minimum atomic E-state index is -0.00459. The summed E-state index contributed by atoms with van der Waals surface area (Å²) in [5.41, 5.74) is 0.139. The maximum Gasteiger partial charge on any atom is 0.278 e. The molecule has 18 heavy (non-hydrogen) atoms. The van der Waals surface area contributed by atoms with Crippen molar-refractivity contribution >= 4 is 23.1 Å². The van der Waals surface area contributed by atoms with E-state index in [2.05, 4.69) is 31.1 Å². The highest BCUT2D eigenvalue weighted by Crippen LogP contribution is 2.46. The first-order valence-electron chi connectivity index (χ1n) is 6.19. The molecule has 0 aromatic rings. The van der Waals surface area contributed by atoms with E-state index in [4.69, 9.17) is 0 Å². The number of carbonyl (C=O) groups excluding carboxylic acids is 2. The molecule has 0 aromatic carbocycles. The lowest BCUT2D eigenvalue weighted by Gasteiger charge is -2.45. The van der Waals surface area contributed by atoms with E-state index >= 15 is 0 Å². The van der Waals surface area contributed by atoms with Crippen molar-refractivity contribution < 1.29 is 9.59 Å². The number of hydrogen-bond acceptors (Lipinski definition) is 4. The summed E-state index contributed by atoms with van der Waals surface area (Å²) in [5.74, 6) is 0. The number of rotatable bonds is 3. The molecule has 4 nitrogen and oxygen atoms in total. The van der Waals surface area contributed by atoms with E-state index in [-0.39, 0.29) is 22.1 Å². The second kappa shape index (κ2) is 5.89. The molecule has 1 aliphatic rings. The molecule has 1 aliphatic carbocycles. The lowest BCUT2D eigenvalue weighted by Crippen LogP contribution is -2.44. The minimum absolute atomic E-state index is 0.00183. The van der Waals surface area contributed by atoms with Crippen LogP contribution < -0.4 is 5.32 Å². The normalized spacial score (nSPS) is 30.3.